The number of hydrogen-bond donors (Lipinski definition) is 1. The summed E-state index contributed by atoms with van der Waals surface area (Å²) in [5, 5.41) is 11.7. The fourth-order valence-electron chi connectivity index (χ4n) is 3.00. The molecule has 1 aliphatic rings. The summed E-state index contributed by atoms with van der Waals surface area (Å²) >= 11 is 0.924. The predicted octanol–water partition coefficient (Wildman–Crippen LogP) is 2.50. The van der Waals surface area contributed by atoms with Gasteiger partial charge in [0.05, 0.1) is 18.3 Å². The molecule has 1 aliphatic heterocycles. The summed E-state index contributed by atoms with van der Waals surface area (Å²) in [6.07, 6.45) is 1.07. The monoisotopic (exact) mass is 329 g/mol. The Balaban J connectivity index is 2.15. The molecule has 8 heteroatoms. The highest BCUT2D eigenvalue weighted by Crippen LogP contribution is 2.38. The Morgan fingerprint density at radius 2 is 1.91 bits per heavy atom. The molecule has 0 unspecified atom stereocenters. The summed E-state index contributed by atoms with van der Waals surface area (Å²) in [7, 11) is 0. The van der Waals surface area contributed by atoms with Gasteiger partial charge in [0, 0.05) is 23.9 Å². The van der Waals surface area contributed by atoms with Crippen LogP contribution in [0.25, 0.3) is 0 Å². The van der Waals surface area contributed by atoms with Crippen molar-refractivity contribution in [3.63, 3.8) is 0 Å². The molecule has 2 rings (SSSR count). The Bertz CT molecular complexity index is 526. The third kappa shape index (κ3) is 3.39. The average molecular weight is 329 g/mol. The van der Waals surface area contributed by atoms with E-state index in [0.717, 1.165) is 11.7 Å². The van der Waals surface area contributed by atoms with Crippen LogP contribution in [0.3, 0.4) is 0 Å². The third-order valence-electron chi connectivity index (χ3n) is 3.81. The molecular formula is C14H23N3O4S. The molecule has 0 spiro atoms. The molecule has 22 heavy (non-hydrogen) atoms. The maximum atomic E-state index is 11.8. The lowest BCUT2D eigenvalue weighted by molar-refractivity contribution is -0.255. The first-order chi connectivity index (χ1) is 10.2. The standard InChI is InChI=1S/C14H23N3O4S/c1-6-20-12(18)10-11(16-22-15-10)21-9-7-13(2,3)17(19)14(4,5)8-9/h9,19H,6-8H2,1-5H3. The van der Waals surface area contributed by atoms with E-state index in [4.69, 9.17) is 9.47 Å². The van der Waals surface area contributed by atoms with Gasteiger partial charge in [0.15, 0.2) is 0 Å². The van der Waals surface area contributed by atoms with Crippen LogP contribution < -0.4 is 4.74 Å². The van der Waals surface area contributed by atoms with Gasteiger partial charge < -0.3 is 14.7 Å². The number of aromatic nitrogens is 2. The van der Waals surface area contributed by atoms with Crippen molar-refractivity contribution in [3.8, 4) is 5.88 Å². The fourth-order valence-corrected chi connectivity index (χ4v) is 3.48. The van der Waals surface area contributed by atoms with Gasteiger partial charge in [-0.05, 0) is 34.6 Å². The summed E-state index contributed by atoms with van der Waals surface area (Å²) in [6, 6.07) is 0. The van der Waals surface area contributed by atoms with Crippen LogP contribution in [0.2, 0.25) is 0 Å². The van der Waals surface area contributed by atoms with Crippen LogP contribution in [0, 0.1) is 0 Å². The fraction of sp³-hybridized carbons (Fsp3) is 0.786. The van der Waals surface area contributed by atoms with Crippen molar-refractivity contribution >= 4 is 17.7 Å². The Morgan fingerprint density at radius 3 is 2.45 bits per heavy atom. The van der Waals surface area contributed by atoms with Gasteiger partial charge in [-0.25, -0.2) is 4.79 Å². The predicted molar refractivity (Wildman–Crippen MR) is 81.3 cm³/mol. The second-order valence-corrected chi connectivity index (χ2v) is 7.25. The maximum absolute atomic E-state index is 11.8. The number of esters is 1. The molecule has 0 bridgehead atoms. The SMILES string of the molecule is CCOC(=O)c1nsnc1OC1CC(C)(C)N(O)C(C)(C)C1. The first-order valence-electron chi connectivity index (χ1n) is 7.33. The molecule has 0 saturated carbocycles. The number of ether oxygens (including phenoxy) is 2. The summed E-state index contributed by atoms with van der Waals surface area (Å²) in [6.45, 7) is 9.83. The van der Waals surface area contributed by atoms with Gasteiger partial charge in [-0.3, -0.25) is 0 Å². The number of piperidine rings is 1. The van der Waals surface area contributed by atoms with Gasteiger partial charge in [0.25, 0.3) is 5.88 Å². The summed E-state index contributed by atoms with van der Waals surface area (Å²) in [5.74, 6) is -0.309. The minimum atomic E-state index is -0.524. The molecule has 0 amide bonds. The molecule has 2 heterocycles. The third-order valence-corrected chi connectivity index (χ3v) is 4.32. The lowest BCUT2D eigenvalue weighted by Crippen LogP contribution is -2.61. The molecule has 0 radical (unpaired) electrons. The zero-order valence-electron chi connectivity index (χ0n) is 13.6. The molecule has 0 atom stereocenters. The zero-order chi connectivity index (χ0) is 16.5. The highest BCUT2D eigenvalue weighted by atomic mass is 32.1. The number of carbonyl (C=O) groups is 1. The Morgan fingerprint density at radius 1 is 1.32 bits per heavy atom. The smallest absolute Gasteiger partial charge is 0.363 e. The highest BCUT2D eigenvalue weighted by molar-refractivity contribution is 6.99. The van der Waals surface area contributed by atoms with Crippen molar-refractivity contribution in [2.75, 3.05) is 6.61 Å². The van der Waals surface area contributed by atoms with Gasteiger partial charge >= 0.3 is 5.97 Å². The number of rotatable bonds is 4. The average Bonchev–Trinajstić information content (AvgIpc) is 2.83. The lowest BCUT2D eigenvalue weighted by atomic mass is 9.80. The zero-order valence-corrected chi connectivity index (χ0v) is 14.4. The summed E-state index contributed by atoms with van der Waals surface area (Å²) < 4.78 is 18.9. The quantitative estimate of drug-likeness (QED) is 0.849. The van der Waals surface area contributed by atoms with Crippen molar-refractivity contribution in [1.29, 1.82) is 0 Å². The van der Waals surface area contributed by atoms with E-state index < -0.39 is 17.0 Å². The van der Waals surface area contributed by atoms with Crippen LogP contribution in [0.15, 0.2) is 0 Å². The Hall–Kier alpha value is -1.25. The van der Waals surface area contributed by atoms with E-state index in [1.165, 1.54) is 5.06 Å². The molecule has 1 saturated heterocycles. The number of nitrogens with zero attached hydrogens (tertiary/aromatic N) is 3. The van der Waals surface area contributed by atoms with E-state index in [9.17, 15) is 10.0 Å². The highest BCUT2D eigenvalue weighted by Gasteiger charge is 2.46. The van der Waals surface area contributed by atoms with Crippen LogP contribution in [0.5, 0.6) is 5.88 Å². The summed E-state index contributed by atoms with van der Waals surface area (Å²) in [5.41, 5.74) is -0.742. The lowest BCUT2D eigenvalue weighted by Gasteiger charge is -2.50. The van der Waals surface area contributed by atoms with Crippen LogP contribution in [0.4, 0.5) is 0 Å². The largest absolute Gasteiger partial charge is 0.472 e. The van der Waals surface area contributed by atoms with Gasteiger partial charge in [0.1, 0.15) is 6.10 Å². The van der Waals surface area contributed by atoms with E-state index in [2.05, 4.69) is 8.75 Å². The van der Waals surface area contributed by atoms with Crippen LogP contribution in [0.1, 0.15) is 57.9 Å². The molecule has 1 fully saturated rings. The molecule has 124 valence electrons. The van der Waals surface area contributed by atoms with Crippen LogP contribution >= 0.6 is 11.7 Å². The second-order valence-electron chi connectivity index (χ2n) is 6.72. The Labute approximate surface area is 134 Å². The van der Waals surface area contributed by atoms with E-state index in [1.807, 2.05) is 27.7 Å². The minimum absolute atomic E-state index is 0.119. The van der Waals surface area contributed by atoms with Crippen molar-refractivity contribution in [2.24, 2.45) is 0 Å². The molecule has 0 aliphatic carbocycles. The topological polar surface area (TPSA) is 84.8 Å². The van der Waals surface area contributed by atoms with Crippen molar-refractivity contribution < 1.29 is 19.5 Å². The van der Waals surface area contributed by atoms with Crippen LogP contribution in [-0.2, 0) is 4.74 Å². The van der Waals surface area contributed by atoms with Crippen molar-refractivity contribution in [1.82, 2.24) is 13.8 Å². The number of hydrogen-bond acceptors (Lipinski definition) is 8. The molecule has 1 aromatic heterocycles. The normalized spacial score (nSPS) is 21.5. The number of hydroxylamine groups is 2. The molecular weight excluding hydrogens is 306 g/mol. The van der Waals surface area contributed by atoms with E-state index in [0.29, 0.717) is 12.8 Å². The first-order valence-corrected chi connectivity index (χ1v) is 8.06. The van der Waals surface area contributed by atoms with Crippen molar-refractivity contribution in [2.45, 2.75) is 64.6 Å². The first kappa shape index (κ1) is 17.1. The maximum Gasteiger partial charge on any atom is 0.363 e. The van der Waals surface area contributed by atoms with E-state index in [1.54, 1.807) is 6.92 Å². The number of carbonyl (C=O) groups excluding carboxylic acids is 1. The minimum Gasteiger partial charge on any atom is -0.472 e. The summed E-state index contributed by atoms with van der Waals surface area (Å²) in [4.78, 5) is 11.8. The van der Waals surface area contributed by atoms with Gasteiger partial charge in [-0.2, -0.15) is 9.44 Å². The second kappa shape index (κ2) is 6.10. The van der Waals surface area contributed by atoms with E-state index in [-0.39, 0.29) is 24.3 Å². The molecule has 1 N–H and O–H groups in total. The van der Waals surface area contributed by atoms with Gasteiger partial charge in [0.2, 0.25) is 5.69 Å². The van der Waals surface area contributed by atoms with Gasteiger partial charge in [-0.1, -0.05) is 0 Å². The van der Waals surface area contributed by atoms with Crippen molar-refractivity contribution in [3.05, 3.63) is 5.69 Å². The molecule has 1 aromatic rings. The van der Waals surface area contributed by atoms with Gasteiger partial charge in [-0.15, -0.1) is 4.37 Å². The Kier molecular flexibility index (Phi) is 4.74. The molecule has 0 aromatic carbocycles. The van der Waals surface area contributed by atoms with E-state index >= 15 is 0 Å². The van der Waals surface area contributed by atoms with Crippen LogP contribution in [-0.4, -0.2) is 48.8 Å². The molecule has 7 nitrogen and oxygen atoms in total.